The number of carbonyl (C=O) groups is 1. The van der Waals surface area contributed by atoms with Gasteiger partial charge < -0.3 is 24.1 Å². The molecule has 0 fully saturated rings. The first-order chi connectivity index (χ1) is 20.8. The Balaban J connectivity index is 1.38. The van der Waals surface area contributed by atoms with E-state index in [2.05, 4.69) is 36.6 Å². The van der Waals surface area contributed by atoms with Crippen molar-refractivity contribution in [1.29, 1.82) is 0 Å². The Bertz CT molecular complexity index is 1690. The maximum Gasteiger partial charge on any atom is 0.247 e. The summed E-state index contributed by atoms with van der Waals surface area (Å²) in [5.74, 6) is 1.35. The molecule has 0 saturated heterocycles. The summed E-state index contributed by atoms with van der Waals surface area (Å²) in [6.07, 6.45) is 8.59. The Labute approximate surface area is 252 Å². The Morgan fingerprint density at radius 1 is 1.02 bits per heavy atom. The van der Waals surface area contributed by atoms with Crippen LogP contribution < -0.4 is 14.8 Å². The maximum atomic E-state index is 11.7. The summed E-state index contributed by atoms with van der Waals surface area (Å²) in [5, 5.41) is 7.29. The second-order valence-electron chi connectivity index (χ2n) is 11.2. The fourth-order valence-corrected chi connectivity index (χ4v) is 5.04. The summed E-state index contributed by atoms with van der Waals surface area (Å²) in [6, 6.07) is 17.9. The molecule has 222 valence electrons. The third kappa shape index (κ3) is 8.18. The van der Waals surface area contributed by atoms with E-state index in [4.69, 9.17) is 24.2 Å². The van der Waals surface area contributed by atoms with E-state index in [1.54, 1.807) is 30.5 Å². The first-order valence-electron chi connectivity index (χ1n) is 14.1. The van der Waals surface area contributed by atoms with Gasteiger partial charge in [-0.2, -0.15) is 5.10 Å². The monoisotopic (exact) mass is 596 g/mol. The van der Waals surface area contributed by atoms with Crippen molar-refractivity contribution in [2.75, 3.05) is 18.5 Å². The Morgan fingerprint density at radius 2 is 1.84 bits per heavy atom. The van der Waals surface area contributed by atoms with Crippen LogP contribution in [0.2, 0.25) is 25.7 Å². The number of para-hydroxylation sites is 1. The number of hydrogen-bond donors (Lipinski definition) is 1. The molecule has 0 aliphatic heterocycles. The SMILES string of the molecule is C=CC(=O)Nc1cccc(Oc2cnc3c(n2)c(-c2cnn(CCOc4ccccc4)c2)cn3COCC[Si](C)(C)C)c1. The smallest absolute Gasteiger partial charge is 0.247 e. The van der Waals surface area contributed by atoms with Crippen LogP contribution in [0.4, 0.5) is 5.69 Å². The van der Waals surface area contributed by atoms with Crippen LogP contribution >= 0.6 is 0 Å². The summed E-state index contributed by atoms with van der Waals surface area (Å²) in [5.41, 5.74) is 3.70. The summed E-state index contributed by atoms with van der Waals surface area (Å²) in [7, 11) is -1.21. The summed E-state index contributed by atoms with van der Waals surface area (Å²) in [6.45, 7) is 12.6. The minimum atomic E-state index is -1.21. The highest BCUT2D eigenvalue weighted by Gasteiger charge is 2.18. The number of ether oxygens (including phenoxy) is 3. The number of rotatable bonds is 14. The molecule has 2 aromatic carbocycles. The van der Waals surface area contributed by atoms with Crippen LogP contribution in [0.3, 0.4) is 0 Å². The van der Waals surface area contributed by atoms with Gasteiger partial charge in [-0.3, -0.25) is 9.48 Å². The van der Waals surface area contributed by atoms with E-state index in [1.165, 1.54) is 6.08 Å². The Hall–Kier alpha value is -4.74. The van der Waals surface area contributed by atoms with Crippen molar-refractivity contribution in [3.05, 3.63) is 92.0 Å². The van der Waals surface area contributed by atoms with E-state index in [-0.39, 0.29) is 5.91 Å². The van der Waals surface area contributed by atoms with Crippen molar-refractivity contribution < 1.29 is 19.0 Å². The highest BCUT2D eigenvalue weighted by atomic mass is 28.3. The zero-order valence-electron chi connectivity index (χ0n) is 24.7. The first-order valence-corrected chi connectivity index (χ1v) is 17.8. The molecule has 11 heteroatoms. The molecule has 5 rings (SSSR count). The minimum Gasteiger partial charge on any atom is -0.492 e. The van der Waals surface area contributed by atoms with Crippen LogP contribution in [0.5, 0.6) is 17.4 Å². The molecule has 0 aliphatic carbocycles. The molecule has 5 aromatic rings. The molecule has 0 bridgehead atoms. The van der Waals surface area contributed by atoms with Gasteiger partial charge in [-0.05, 0) is 36.4 Å². The number of amides is 1. The molecule has 0 saturated carbocycles. The topological polar surface area (TPSA) is 105 Å². The third-order valence-electron chi connectivity index (χ3n) is 6.56. The Kier molecular flexibility index (Phi) is 9.33. The predicted molar refractivity (Wildman–Crippen MR) is 170 cm³/mol. The summed E-state index contributed by atoms with van der Waals surface area (Å²) in [4.78, 5) is 21.3. The fraction of sp³-hybridized carbons (Fsp3) is 0.250. The number of benzene rings is 2. The molecule has 0 aliphatic rings. The van der Waals surface area contributed by atoms with Crippen molar-refractivity contribution in [2.24, 2.45) is 0 Å². The molecule has 0 spiro atoms. The van der Waals surface area contributed by atoms with Crippen LogP contribution in [-0.4, -0.2) is 51.5 Å². The lowest BCUT2D eigenvalue weighted by atomic mass is 10.2. The van der Waals surface area contributed by atoms with Gasteiger partial charge in [0.15, 0.2) is 5.65 Å². The average Bonchev–Trinajstić information content (AvgIpc) is 3.60. The van der Waals surface area contributed by atoms with Crippen molar-refractivity contribution in [1.82, 2.24) is 24.3 Å². The van der Waals surface area contributed by atoms with Crippen molar-refractivity contribution in [2.45, 2.75) is 39.0 Å². The number of hydrogen-bond acceptors (Lipinski definition) is 7. The standard InChI is InChI=1S/C32H36N6O4Si/c1-5-29(39)35-25-10-9-13-27(18-25)42-30-20-33-32-31(36-30)28(22-37(32)23-40-16-17-43(2,3)4)24-19-34-38(21-24)14-15-41-26-11-7-6-8-12-26/h5-13,18-22H,1,14-17,23H2,2-4H3,(H,35,39). The van der Waals surface area contributed by atoms with Crippen LogP contribution in [0.15, 0.2) is 92.0 Å². The molecule has 1 amide bonds. The second kappa shape index (κ2) is 13.5. The van der Waals surface area contributed by atoms with Crippen LogP contribution in [-0.2, 0) is 22.8 Å². The molecule has 43 heavy (non-hydrogen) atoms. The van der Waals surface area contributed by atoms with Crippen LogP contribution in [0.25, 0.3) is 22.3 Å². The van der Waals surface area contributed by atoms with Crippen molar-refractivity contribution >= 4 is 30.8 Å². The molecule has 0 atom stereocenters. The van der Waals surface area contributed by atoms with Crippen molar-refractivity contribution in [3.63, 3.8) is 0 Å². The van der Waals surface area contributed by atoms with E-state index in [0.29, 0.717) is 55.0 Å². The zero-order valence-corrected chi connectivity index (χ0v) is 25.7. The molecule has 0 radical (unpaired) electrons. The lowest BCUT2D eigenvalue weighted by Crippen LogP contribution is -2.22. The molecule has 0 unspecified atom stereocenters. The molecule has 10 nitrogen and oxygen atoms in total. The third-order valence-corrected chi connectivity index (χ3v) is 8.26. The molecule has 3 heterocycles. The number of anilines is 1. The van der Waals surface area contributed by atoms with Gasteiger partial charge in [-0.1, -0.05) is 50.5 Å². The van der Waals surface area contributed by atoms with E-state index >= 15 is 0 Å². The van der Waals surface area contributed by atoms with Gasteiger partial charge in [0.1, 0.15) is 30.4 Å². The number of aromatic nitrogens is 5. The number of nitrogens with one attached hydrogen (secondary N) is 1. The van der Waals surface area contributed by atoms with E-state index < -0.39 is 8.07 Å². The highest BCUT2D eigenvalue weighted by molar-refractivity contribution is 6.76. The fourth-order valence-electron chi connectivity index (χ4n) is 4.29. The van der Waals surface area contributed by atoms with Gasteiger partial charge in [0.05, 0.1) is 18.9 Å². The second-order valence-corrected chi connectivity index (χ2v) is 16.8. The van der Waals surface area contributed by atoms with Gasteiger partial charge >= 0.3 is 0 Å². The van der Waals surface area contributed by atoms with Gasteiger partial charge in [-0.25, -0.2) is 9.97 Å². The quantitative estimate of drug-likeness (QED) is 0.0874. The largest absolute Gasteiger partial charge is 0.492 e. The van der Waals surface area contributed by atoms with Gasteiger partial charge in [0.25, 0.3) is 0 Å². The van der Waals surface area contributed by atoms with Gasteiger partial charge in [-0.15, -0.1) is 0 Å². The lowest BCUT2D eigenvalue weighted by molar-refractivity contribution is -0.111. The van der Waals surface area contributed by atoms with Gasteiger partial charge in [0, 0.05) is 50.0 Å². The Morgan fingerprint density at radius 3 is 2.63 bits per heavy atom. The summed E-state index contributed by atoms with van der Waals surface area (Å²) >= 11 is 0. The van der Waals surface area contributed by atoms with E-state index in [0.717, 1.165) is 22.9 Å². The number of fused-ring (bicyclic) bond motifs is 1. The minimum absolute atomic E-state index is 0.302. The molecule has 1 N–H and O–H groups in total. The first kappa shape index (κ1) is 29.7. The normalized spacial score (nSPS) is 11.4. The predicted octanol–water partition coefficient (Wildman–Crippen LogP) is 6.60. The maximum absolute atomic E-state index is 11.7. The van der Waals surface area contributed by atoms with Crippen LogP contribution in [0.1, 0.15) is 0 Å². The van der Waals surface area contributed by atoms with Gasteiger partial charge in [0.2, 0.25) is 11.8 Å². The molecular formula is C32H36N6O4Si. The van der Waals surface area contributed by atoms with E-state index in [1.807, 2.05) is 58.2 Å². The molecular weight excluding hydrogens is 560 g/mol. The lowest BCUT2D eigenvalue weighted by Gasteiger charge is -2.15. The average molecular weight is 597 g/mol. The summed E-state index contributed by atoms with van der Waals surface area (Å²) < 4.78 is 21.8. The van der Waals surface area contributed by atoms with Crippen LogP contribution in [0, 0.1) is 0 Å². The molecule has 3 aromatic heterocycles. The number of nitrogens with zero attached hydrogens (tertiary/aromatic N) is 5. The van der Waals surface area contributed by atoms with Crippen molar-refractivity contribution in [3.8, 4) is 28.5 Å². The highest BCUT2D eigenvalue weighted by Crippen LogP contribution is 2.31. The number of carbonyl (C=O) groups excluding carboxylic acids is 1. The zero-order chi connectivity index (χ0) is 30.2. The van der Waals surface area contributed by atoms with E-state index in [9.17, 15) is 4.79 Å².